The van der Waals surface area contributed by atoms with Crippen LogP contribution in [0.25, 0.3) is 0 Å². The van der Waals surface area contributed by atoms with Crippen molar-refractivity contribution in [1.29, 1.82) is 0 Å². The van der Waals surface area contributed by atoms with Gasteiger partial charge in [0.2, 0.25) is 0 Å². The first-order valence-electron chi connectivity index (χ1n) is 7.56. The van der Waals surface area contributed by atoms with Gasteiger partial charge in [0.25, 0.3) is 0 Å². The van der Waals surface area contributed by atoms with Gasteiger partial charge >= 0.3 is 0 Å². The van der Waals surface area contributed by atoms with Crippen molar-refractivity contribution in [1.82, 2.24) is 4.98 Å². The van der Waals surface area contributed by atoms with Gasteiger partial charge in [-0.3, -0.25) is 0 Å². The Morgan fingerprint density at radius 2 is 1.90 bits per heavy atom. The second-order valence-corrected chi connectivity index (χ2v) is 5.75. The van der Waals surface area contributed by atoms with Crippen molar-refractivity contribution < 1.29 is 5.11 Å². The van der Waals surface area contributed by atoms with Crippen LogP contribution in [-0.2, 0) is 0 Å². The quantitative estimate of drug-likeness (QED) is 0.711. The van der Waals surface area contributed by atoms with Crippen LogP contribution >= 0.6 is 23.2 Å². The Balaban J connectivity index is 3.16. The third-order valence-electron chi connectivity index (χ3n) is 3.45. The normalized spacial score (nSPS) is 11.0. The van der Waals surface area contributed by atoms with Crippen LogP contribution < -0.4 is 10.2 Å². The van der Waals surface area contributed by atoms with Gasteiger partial charge in [-0.1, -0.05) is 44.0 Å². The van der Waals surface area contributed by atoms with Crippen LogP contribution in [0.3, 0.4) is 0 Å². The fourth-order valence-electron chi connectivity index (χ4n) is 2.32. The largest absolute Gasteiger partial charge is 0.395 e. The molecule has 0 spiro atoms. The zero-order valence-electron chi connectivity index (χ0n) is 13.0. The summed E-state index contributed by atoms with van der Waals surface area (Å²) in [5.74, 6) is 1.33. The van der Waals surface area contributed by atoms with Crippen molar-refractivity contribution in [2.45, 2.75) is 46.1 Å². The van der Waals surface area contributed by atoms with Crippen molar-refractivity contribution in [2.24, 2.45) is 0 Å². The van der Waals surface area contributed by atoms with Crippen molar-refractivity contribution >= 4 is 34.8 Å². The summed E-state index contributed by atoms with van der Waals surface area (Å²) in [5, 5.41) is 13.6. The van der Waals surface area contributed by atoms with E-state index < -0.39 is 0 Å². The van der Waals surface area contributed by atoms with Gasteiger partial charge in [-0.15, -0.1) is 0 Å². The van der Waals surface area contributed by atoms with E-state index in [0.717, 1.165) is 25.8 Å². The molecular weight excluding hydrogens is 309 g/mol. The molecule has 4 nitrogen and oxygen atoms in total. The predicted octanol–water partition coefficient (Wildman–Crippen LogP) is 4.20. The van der Waals surface area contributed by atoms with Crippen molar-refractivity contribution in [3.05, 3.63) is 16.1 Å². The molecule has 0 atom stereocenters. The lowest BCUT2D eigenvalue weighted by Gasteiger charge is -2.32. The molecule has 0 saturated heterocycles. The highest BCUT2D eigenvalue weighted by molar-refractivity contribution is 6.37. The van der Waals surface area contributed by atoms with E-state index in [9.17, 15) is 5.11 Å². The monoisotopic (exact) mass is 333 g/mol. The number of aromatic nitrogens is 1. The Kier molecular flexibility index (Phi) is 8.15. The summed E-state index contributed by atoms with van der Waals surface area (Å²) in [7, 11) is 0. The van der Waals surface area contributed by atoms with Crippen LogP contribution in [0.2, 0.25) is 10.0 Å². The highest BCUT2D eigenvalue weighted by atomic mass is 35.5. The molecule has 6 heteroatoms. The topological polar surface area (TPSA) is 48.4 Å². The minimum Gasteiger partial charge on any atom is -0.395 e. The fraction of sp³-hybridized carbons (Fsp3) is 0.667. The lowest BCUT2D eigenvalue weighted by atomic mass is 10.1. The van der Waals surface area contributed by atoms with E-state index in [1.165, 1.54) is 0 Å². The molecule has 2 N–H and O–H groups in total. The number of halogens is 2. The number of aliphatic hydroxyl groups is 1. The van der Waals surface area contributed by atoms with Gasteiger partial charge < -0.3 is 15.3 Å². The van der Waals surface area contributed by atoms with Crippen LogP contribution in [0.1, 0.15) is 40.0 Å². The molecule has 0 fully saturated rings. The van der Waals surface area contributed by atoms with Crippen LogP contribution in [0, 0.1) is 0 Å². The summed E-state index contributed by atoms with van der Waals surface area (Å²) >= 11 is 12.5. The van der Waals surface area contributed by atoms with Gasteiger partial charge in [0.15, 0.2) is 0 Å². The Morgan fingerprint density at radius 3 is 2.43 bits per heavy atom. The first-order valence-corrected chi connectivity index (χ1v) is 8.31. The molecule has 1 heterocycles. The third kappa shape index (κ3) is 4.90. The van der Waals surface area contributed by atoms with E-state index >= 15 is 0 Å². The van der Waals surface area contributed by atoms with Crippen LogP contribution in [0.5, 0.6) is 0 Å². The van der Waals surface area contributed by atoms with Gasteiger partial charge in [-0.2, -0.15) is 0 Å². The van der Waals surface area contributed by atoms with Crippen molar-refractivity contribution in [2.75, 3.05) is 29.9 Å². The summed E-state index contributed by atoms with van der Waals surface area (Å²) in [6.45, 7) is 7.71. The Labute approximate surface area is 137 Å². The maximum Gasteiger partial charge on any atom is 0.150 e. The molecule has 0 unspecified atom stereocenters. The van der Waals surface area contributed by atoms with Crippen LogP contribution in [-0.4, -0.2) is 35.8 Å². The molecule has 0 amide bonds. The van der Waals surface area contributed by atoms with Crippen molar-refractivity contribution in [3.8, 4) is 0 Å². The van der Waals surface area contributed by atoms with E-state index in [-0.39, 0.29) is 6.61 Å². The van der Waals surface area contributed by atoms with Gasteiger partial charge in [0.05, 0.1) is 16.7 Å². The Morgan fingerprint density at radius 1 is 1.24 bits per heavy atom. The molecule has 0 aromatic carbocycles. The highest BCUT2D eigenvalue weighted by Gasteiger charge is 2.21. The summed E-state index contributed by atoms with van der Waals surface area (Å²) < 4.78 is 0. The number of rotatable bonds is 9. The zero-order chi connectivity index (χ0) is 15.8. The number of hydrogen-bond acceptors (Lipinski definition) is 4. The van der Waals surface area contributed by atoms with Gasteiger partial charge in [-0.25, -0.2) is 4.98 Å². The number of aliphatic hydroxyl groups excluding tert-OH is 1. The van der Waals surface area contributed by atoms with E-state index in [1.54, 1.807) is 6.07 Å². The molecule has 0 aliphatic rings. The second-order valence-electron chi connectivity index (χ2n) is 4.94. The Hall–Kier alpha value is -0.710. The molecule has 21 heavy (non-hydrogen) atoms. The summed E-state index contributed by atoms with van der Waals surface area (Å²) in [6, 6.07) is 2.01. The molecule has 1 rings (SSSR count). The second kappa shape index (κ2) is 9.34. The standard InChI is InChI=1S/C15H25Cl2N3O/c1-4-7-18-14-12(16)10-13(17)15(19-14)20(8-9-21)11(5-2)6-3/h10-11,21H,4-9H2,1-3H3,(H,18,19). The molecule has 0 aliphatic heterocycles. The number of anilines is 2. The minimum absolute atomic E-state index is 0.0643. The lowest BCUT2D eigenvalue weighted by molar-refractivity contribution is 0.295. The molecule has 0 saturated carbocycles. The predicted molar refractivity (Wildman–Crippen MR) is 91.8 cm³/mol. The summed E-state index contributed by atoms with van der Waals surface area (Å²) in [5.41, 5.74) is 0. The van der Waals surface area contributed by atoms with Crippen LogP contribution in [0.4, 0.5) is 11.6 Å². The van der Waals surface area contributed by atoms with E-state index in [1.807, 2.05) is 0 Å². The molecule has 1 aromatic heterocycles. The average Bonchev–Trinajstić information content (AvgIpc) is 2.47. The summed E-state index contributed by atoms with van der Waals surface area (Å²) in [4.78, 5) is 6.65. The van der Waals surface area contributed by atoms with Gasteiger partial charge in [0, 0.05) is 19.1 Å². The van der Waals surface area contributed by atoms with Crippen LogP contribution in [0.15, 0.2) is 6.07 Å². The maximum absolute atomic E-state index is 9.34. The number of nitrogens with one attached hydrogen (secondary N) is 1. The Bertz CT molecular complexity index is 439. The SMILES string of the molecule is CCCNc1nc(N(CCO)C(CC)CC)c(Cl)cc1Cl. The molecule has 0 bridgehead atoms. The summed E-state index contributed by atoms with van der Waals surface area (Å²) in [6.07, 6.45) is 2.92. The first-order chi connectivity index (χ1) is 10.1. The zero-order valence-corrected chi connectivity index (χ0v) is 14.5. The third-order valence-corrected chi connectivity index (χ3v) is 4.02. The lowest BCUT2D eigenvalue weighted by Crippen LogP contribution is -2.37. The number of nitrogens with zero attached hydrogens (tertiary/aromatic N) is 2. The van der Waals surface area contributed by atoms with Gasteiger partial charge in [-0.05, 0) is 25.3 Å². The van der Waals surface area contributed by atoms with E-state index in [2.05, 4.69) is 36.0 Å². The maximum atomic E-state index is 9.34. The molecule has 0 aliphatic carbocycles. The van der Waals surface area contributed by atoms with Gasteiger partial charge in [0.1, 0.15) is 11.6 Å². The molecule has 0 radical (unpaired) electrons. The highest BCUT2D eigenvalue weighted by Crippen LogP contribution is 2.33. The van der Waals surface area contributed by atoms with Crippen molar-refractivity contribution in [3.63, 3.8) is 0 Å². The smallest absolute Gasteiger partial charge is 0.150 e. The minimum atomic E-state index is 0.0643. The van der Waals surface area contributed by atoms with E-state index in [0.29, 0.717) is 34.3 Å². The molecular formula is C15H25Cl2N3O. The fourth-order valence-corrected chi connectivity index (χ4v) is 2.86. The first kappa shape index (κ1) is 18.3. The number of hydrogen-bond donors (Lipinski definition) is 2. The number of pyridine rings is 1. The average molecular weight is 334 g/mol. The molecule has 1 aromatic rings. The molecule has 120 valence electrons. The van der Waals surface area contributed by atoms with E-state index in [4.69, 9.17) is 23.2 Å².